The minimum absolute atomic E-state index is 0.0953. The van der Waals surface area contributed by atoms with Crippen LogP contribution in [0.15, 0.2) is 78.0 Å². The molecule has 0 aliphatic rings. The summed E-state index contributed by atoms with van der Waals surface area (Å²) >= 11 is 6.41. The molecular weight excluding hydrogens is 394 g/mol. The van der Waals surface area contributed by atoms with Gasteiger partial charge in [0.25, 0.3) is 10.0 Å². The molecule has 0 radical (unpaired) electrons. The van der Waals surface area contributed by atoms with Crippen LogP contribution in [0.1, 0.15) is 5.69 Å². The molecule has 2 aromatic heterocycles. The average molecular weight is 410 g/mol. The second-order valence-corrected chi connectivity index (χ2v) is 8.41. The van der Waals surface area contributed by atoms with Gasteiger partial charge in [0.15, 0.2) is 0 Å². The van der Waals surface area contributed by atoms with Crippen molar-refractivity contribution in [1.29, 1.82) is 0 Å². The number of hydrogen-bond donors (Lipinski definition) is 1. The number of aryl methyl sites for hydroxylation is 1. The van der Waals surface area contributed by atoms with Crippen molar-refractivity contribution in [3.05, 3.63) is 83.8 Å². The van der Waals surface area contributed by atoms with Crippen LogP contribution < -0.4 is 4.72 Å². The van der Waals surface area contributed by atoms with E-state index in [4.69, 9.17) is 11.6 Å². The normalized spacial score (nSPS) is 11.5. The van der Waals surface area contributed by atoms with Crippen molar-refractivity contribution in [2.45, 2.75) is 11.8 Å². The molecule has 0 spiro atoms. The van der Waals surface area contributed by atoms with E-state index in [1.54, 1.807) is 37.4 Å². The highest BCUT2D eigenvalue weighted by molar-refractivity contribution is 7.92. The van der Waals surface area contributed by atoms with Crippen molar-refractivity contribution in [2.75, 3.05) is 4.72 Å². The van der Waals surface area contributed by atoms with Gasteiger partial charge in [0.1, 0.15) is 4.90 Å². The van der Waals surface area contributed by atoms with E-state index in [2.05, 4.69) is 14.7 Å². The molecule has 0 fully saturated rings. The summed E-state index contributed by atoms with van der Waals surface area (Å²) in [6.07, 6.45) is 3.05. The van der Waals surface area contributed by atoms with Crippen LogP contribution in [0.2, 0.25) is 5.02 Å². The van der Waals surface area contributed by atoms with E-state index in [1.807, 2.05) is 30.3 Å². The lowest BCUT2D eigenvalue weighted by Crippen LogP contribution is -2.13. The summed E-state index contributed by atoms with van der Waals surface area (Å²) in [5.74, 6) is 0. The van der Waals surface area contributed by atoms with Crippen LogP contribution >= 0.6 is 11.6 Å². The fraction of sp³-hybridized carbons (Fsp3) is 0.0476. The van der Waals surface area contributed by atoms with Crippen molar-refractivity contribution >= 4 is 38.1 Å². The Morgan fingerprint density at radius 1 is 0.964 bits per heavy atom. The van der Waals surface area contributed by atoms with Crippen LogP contribution in [0, 0.1) is 6.92 Å². The third kappa shape index (κ3) is 3.56. The van der Waals surface area contributed by atoms with Gasteiger partial charge in [-0.25, -0.2) is 8.42 Å². The molecule has 2 aromatic carbocycles. The lowest BCUT2D eigenvalue weighted by atomic mass is 10.0. The van der Waals surface area contributed by atoms with Crippen LogP contribution in [-0.4, -0.2) is 18.4 Å². The highest BCUT2D eigenvalue weighted by Gasteiger charge is 2.16. The Labute approximate surface area is 168 Å². The van der Waals surface area contributed by atoms with Gasteiger partial charge in [0.2, 0.25) is 0 Å². The topological polar surface area (TPSA) is 72.0 Å². The number of hydrogen-bond acceptors (Lipinski definition) is 4. The van der Waals surface area contributed by atoms with E-state index in [1.165, 1.54) is 12.3 Å². The SMILES string of the molecule is Cc1ccc(S(=O)(=O)Nc2ccc(Cl)c(-c3nccc4ccccc34)c2)cn1. The summed E-state index contributed by atoms with van der Waals surface area (Å²) < 4.78 is 27.9. The maximum Gasteiger partial charge on any atom is 0.263 e. The number of sulfonamides is 1. The summed E-state index contributed by atoms with van der Waals surface area (Å²) in [7, 11) is -3.76. The second kappa shape index (κ2) is 7.22. The largest absolute Gasteiger partial charge is 0.280 e. The van der Waals surface area contributed by atoms with E-state index in [0.29, 0.717) is 22.0 Å². The van der Waals surface area contributed by atoms with Gasteiger partial charge < -0.3 is 0 Å². The predicted molar refractivity (Wildman–Crippen MR) is 112 cm³/mol. The highest BCUT2D eigenvalue weighted by atomic mass is 35.5. The summed E-state index contributed by atoms with van der Waals surface area (Å²) in [4.78, 5) is 8.62. The molecule has 140 valence electrons. The summed E-state index contributed by atoms with van der Waals surface area (Å²) in [6, 6.07) is 17.9. The molecule has 0 saturated carbocycles. The Hall–Kier alpha value is -2.96. The monoisotopic (exact) mass is 409 g/mol. The summed E-state index contributed by atoms with van der Waals surface area (Å²) in [6.45, 7) is 1.80. The number of rotatable bonds is 4. The average Bonchev–Trinajstić information content (AvgIpc) is 2.69. The molecule has 0 amide bonds. The number of halogens is 1. The molecule has 4 aromatic rings. The quantitative estimate of drug-likeness (QED) is 0.511. The smallest absolute Gasteiger partial charge is 0.263 e. The number of aromatic nitrogens is 2. The molecule has 0 atom stereocenters. The summed E-state index contributed by atoms with van der Waals surface area (Å²) in [5, 5.41) is 2.46. The van der Waals surface area contributed by atoms with Gasteiger partial charge in [0, 0.05) is 34.7 Å². The maximum absolute atomic E-state index is 12.7. The van der Waals surface area contributed by atoms with E-state index < -0.39 is 10.0 Å². The lowest BCUT2D eigenvalue weighted by Gasteiger charge is -2.12. The Morgan fingerprint density at radius 2 is 1.79 bits per heavy atom. The predicted octanol–water partition coefficient (Wildman–Crippen LogP) is 5.06. The molecule has 1 N–H and O–H groups in total. The molecule has 0 aliphatic carbocycles. The first kappa shape index (κ1) is 18.4. The molecule has 0 unspecified atom stereocenters. The van der Waals surface area contributed by atoms with E-state index in [-0.39, 0.29) is 4.90 Å². The zero-order chi connectivity index (χ0) is 19.7. The van der Waals surface area contributed by atoms with Crippen molar-refractivity contribution in [1.82, 2.24) is 9.97 Å². The van der Waals surface area contributed by atoms with Gasteiger partial charge >= 0.3 is 0 Å². The van der Waals surface area contributed by atoms with Crippen molar-refractivity contribution in [3.63, 3.8) is 0 Å². The van der Waals surface area contributed by atoms with Crippen LogP contribution in [0.5, 0.6) is 0 Å². The first-order valence-corrected chi connectivity index (χ1v) is 10.4. The van der Waals surface area contributed by atoms with Crippen LogP contribution in [0.3, 0.4) is 0 Å². The first-order chi connectivity index (χ1) is 13.4. The van der Waals surface area contributed by atoms with Gasteiger partial charge in [-0.3, -0.25) is 14.7 Å². The first-order valence-electron chi connectivity index (χ1n) is 8.53. The van der Waals surface area contributed by atoms with E-state index in [0.717, 1.165) is 16.5 Å². The van der Waals surface area contributed by atoms with Gasteiger partial charge in [-0.05, 0) is 48.7 Å². The highest BCUT2D eigenvalue weighted by Crippen LogP contribution is 2.34. The third-order valence-electron chi connectivity index (χ3n) is 4.34. The van der Waals surface area contributed by atoms with Gasteiger partial charge in [-0.15, -0.1) is 0 Å². The molecule has 4 rings (SSSR count). The second-order valence-electron chi connectivity index (χ2n) is 6.32. The maximum atomic E-state index is 12.7. The Balaban J connectivity index is 1.76. The molecule has 5 nitrogen and oxygen atoms in total. The van der Waals surface area contributed by atoms with E-state index >= 15 is 0 Å². The van der Waals surface area contributed by atoms with Crippen LogP contribution in [0.4, 0.5) is 5.69 Å². The molecular formula is C21H16ClN3O2S. The molecule has 0 aliphatic heterocycles. The number of anilines is 1. The fourth-order valence-electron chi connectivity index (χ4n) is 2.93. The van der Waals surface area contributed by atoms with Gasteiger partial charge in [-0.2, -0.15) is 0 Å². The van der Waals surface area contributed by atoms with Crippen molar-refractivity contribution < 1.29 is 8.42 Å². The third-order valence-corrected chi connectivity index (χ3v) is 6.04. The Bertz CT molecular complexity index is 1270. The minimum Gasteiger partial charge on any atom is -0.280 e. The van der Waals surface area contributed by atoms with E-state index in [9.17, 15) is 8.42 Å². The molecule has 28 heavy (non-hydrogen) atoms. The molecule has 0 bridgehead atoms. The lowest BCUT2D eigenvalue weighted by molar-refractivity contribution is 0.601. The molecule has 0 saturated heterocycles. The fourth-order valence-corrected chi connectivity index (χ4v) is 4.13. The summed E-state index contributed by atoms with van der Waals surface area (Å²) in [5.41, 5.74) is 2.49. The number of nitrogens with one attached hydrogen (secondary N) is 1. The number of pyridine rings is 2. The van der Waals surface area contributed by atoms with Crippen LogP contribution in [0.25, 0.3) is 22.0 Å². The zero-order valence-corrected chi connectivity index (χ0v) is 16.5. The zero-order valence-electron chi connectivity index (χ0n) is 14.9. The number of fused-ring (bicyclic) bond motifs is 1. The van der Waals surface area contributed by atoms with Crippen molar-refractivity contribution in [3.8, 4) is 11.3 Å². The molecule has 7 heteroatoms. The molecule has 2 heterocycles. The standard InChI is InChI=1S/C21H16ClN3O2S/c1-14-6-8-17(13-24-14)28(26,27)25-16-7-9-20(22)19(12-16)21-18-5-3-2-4-15(18)10-11-23-21/h2-13,25H,1H3. The van der Waals surface area contributed by atoms with Crippen molar-refractivity contribution in [2.24, 2.45) is 0 Å². The Morgan fingerprint density at radius 3 is 2.57 bits per heavy atom. The number of benzene rings is 2. The minimum atomic E-state index is -3.76. The number of nitrogens with zero attached hydrogens (tertiary/aromatic N) is 2. The van der Waals surface area contributed by atoms with Crippen LogP contribution in [-0.2, 0) is 10.0 Å². The van der Waals surface area contributed by atoms with Gasteiger partial charge in [0.05, 0.1) is 10.7 Å². The van der Waals surface area contributed by atoms with Gasteiger partial charge in [-0.1, -0.05) is 35.9 Å². The Kier molecular flexibility index (Phi) is 4.75.